The van der Waals surface area contributed by atoms with Gasteiger partial charge in [-0.2, -0.15) is 11.8 Å². The Labute approximate surface area is 83.3 Å². The van der Waals surface area contributed by atoms with Gasteiger partial charge in [0.2, 0.25) is 0 Å². The van der Waals surface area contributed by atoms with Crippen LogP contribution < -0.4 is 0 Å². The van der Waals surface area contributed by atoms with E-state index >= 15 is 0 Å². The summed E-state index contributed by atoms with van der Waals surface area (Å²) in [4.78, 5) is 0. The van der Waals surface area contributed by atoms with Crippen molar-refractivity contribution in [3.63, 3.8) is 0 Å². The van der Waals surface area contributed by atoms with Crippen molar-refractivity contribution in [2.75, 3.05) is 29.4 Å². The molecule has 0 saturated heterocycles. The molecule has 0 aliphatic rings. The van der Waals surface area contributed by atoms with Crippen LogP contribution >= 0.6 is 23.4 Å². The molecule has 0 aromatic rings. The van der Waals surface area contributed by atoms with Crippen molar-refractivity contribution >= 4 is 33.2 Å². The van der Waals surface area contributed by atoms with E-state index in [2.05, 4.69) is 0 Å². The number of rotatable bonds is 6. The molecule has 0 amide bonds. The molecule has 72 valence electrons. The second-order valence-corrected chi connectivity index (χ2v) is 6.05. The minimum atomic E-state index is -2.79. The molecule has 0 aliphatic carbocycles. The van der Waals surface area contributed by atoms with Crippen LogP contribution in [0, 0.1) is 0 Å². The molecule has 0 bridgehead atoms. The number of hydrogen-bond acceptors (Lipinski definition) is 3. The van der Waals surface area contributed by atoms with E-state index in [1.807, 2.05) is 12.2 Å². The molecule has 0 fully saturated rings. The summed E-state index contributed by atoms with van der Waals surface area (Å²) in [7, 11) is -2.79. The van der Waals surface area contributed by atoms with E-state index in [4.69, 9.17) is 11.6 Å². The van der Waals surface area contributed by atoms with Gasteiger partial charge in [0.1, 0.15) is 9.84 Å². The van der Waals surface area contributed by atoms with Gasteiger partial charge >= 0.3 is 0 Å². The summed E-state index contributed by atoms with van der Waals surface area (Å²) >= 11 is 6.99. The zero-order valence-electron chi connectivity index (χ0n) is 6.99. The average Bonchev–Trinajstić information content (AvgIpc) is 1.94. The maximum absolute atomic E-state index is 10.7. The van der Waals surface area contributed by atoms with Gasteiger partial charge < -0.3 is 0 Å². The third kappa shape index (κ3) is 10.3. The summed E-state index contributed by atoms with van der Waals surface area (Å²) < 4.78 is 21.3. The lowest BCUT2D eigenvalue weighted by molar-refractivity contribution is 0.603. The molecule has 0 N–H and O–H groups in total. The smallest absolute Gasteiger partial charge is 0.148 e. The van der Waals surface area contributed by atoms with Crippen LogP contribution in [-0.4, -0.2) is 37.8 Å². The Morgan fingerprint density at radius 2 is 2.08 bits per heavy atom. The Hall–Kier alpha value is 0.330. The van der Waals surface area contributed by atoms with Crippen LogP contribution in [0.5, 0.6) is 0 Å². The second-order valence-electron chi connectivity index (χ2n) is 2.33. The van der Waals surface area contributed by atoms with Crippen LogP contribution in [0.4, 0.5) is 0 Å². The van der Waals surface area contributed by atoms with E-state index in [0.717, 1.165) is 5.75 Å². The van der Waals surface area contributed by atoms with Crippen molar-refractivity contribution in [2.24, 2.45) is 0 Å². The fraction of sp³-hybridized carbons (Fsp3) is 0.714. The third-order valence-corrected chi connectivity index (χ3v) is 3.37. The van der Waals surface area contributed by atoms with Crippen LogP contribution in [-0.2, 0) is 9.84 Å². The number of alkyl halides is 1. The second kappa shape index (κ2) is 6.80. The lowest BCUT2D eigenvalue weighted by Crippen LogP contribution is -2.05. The molecular weight excluding hydrogens is 216 g/mol. The highest BCUT2D eigenvalue weighted by molar-refractivity contribution is 8.00. The highest BCUT2D eigenvalue weighted by Gasteiger charge is 1.99. The highest BCUT2D eigenvalue weighted by atomic mass is 35.5. The van der Waals surface area contributed by atoms with Crippen molar-refractivity contribution in [3.05, 3.63) is 12.2 Å². The Balaban J connectivity index is 3.28. The standard InChI is InChI=1S/C7H13ClO2S2/c1-12(9,10)7-6-11-5-3-2-4-8/h2-3H,4-7H2,1H3. The zero-order valence-corrected chi connectivity index (χ0v) is 9.38. The summed E-state index contributed by atoms with van der Waals surface area (Å²) in [5, 5.41) is 0. The van der Waals surface area contributed by atoms with Gasteiger partial charge in [-0.15, -0.1) is 11.6 Å². The molecule has 12 heavy (non-hydrogen) atoms. The minimum absolute atomic E-state index is 0.256. The summed E-state index contributed by atoms with van der Waals surface area (Å²) in [6.45, 7) is 0. The Bertz CT molecular complexity index is 222. The normalized spacial score (nSPS) is 12.5. The maximum Gasteiger partial charge on any atom is 0.148 e. The van der Waals surface area contributed by atoms with Gasteiger partial charge in [-0.25, -0.2) is 8.42 Å². The van der Waals surface area contributed by atoms with Gasteiger partial charge in [0.15, 0.2) is 0 Å². The van der Waals surface area contributed by atoms with E-state index in [9.17, 15) is 8.42 Å². The van der Waals surface area contributed by atoms with E-state index < -0.39 is 9.84 Å². The molecule has 0 unspecified atom stereocenters. The third-order valence-electron chi connectivity index (χ3n) is 1.07. The van der Waals surface area contributed by atoms with Crippen molar-refractivity contribution in [3.8, 4) is 0 Å². The zero-order chi connectivity index (χ0) is 9.45. The van der Waals surface area contributed by atoms with E-state index in [1.54, 1.807) is 11.8 Å². The largest absolute Gasteiger partial charge is 0.229 e. The van der Waals surface area contributed by atoms with E-state index in [-0.39, 0.29) is 5.75 Å². The molecule has 0 spiro atoms. The number of allylic oxidation sites excluding steroid dienone is 1. The Kier molecular flexibility index (Phi) is 6.99. The number of sulfone groups is 1. The lowest BCUT2D eigenvalue weighted by atomic mass is 10.6. The summed E-state index contributed by atoms with van der Waals surface area (Å²) in [6.07, 6.45) is 5.05. The van der Waals surface area contributed by atoms with Gasteiger partial charge in [-0.3, -0.25) is 0 Å². The molecule has 0 aromatic heterocycles. The first-order valence-corrected chi connectivity index (χ1v) is 7.27. The fourth-order valence-electron chi connectivity index (χ4n) is 0.493. The number of hydrogen-bond donors (Lipinski definition) is 0. The van der Waals surface area contributed by atoms with Crippen LogP contribution in [0.15, 0.2) is 12.2 Å². The van der Waals surface area contributed by atoms with E-state index in [1.165, 1.54) is 6.26 Å². The molecule has 0 aliphatic heterocycles. The molecular formula is C7H13ClO2S2. The summed E-state index contributed by atoms with van der Waals surface area (Å²) in [5.41, 5.74) is 0. The van der Waals surface area contributed by atoms with Crippen molar-refractivity contribution < 1.29 is 8.42 Å². The molecule has 0 rings (SSSR count). The summed E-state index contributed by atoms with van der Waals surface area (Å²) in [5.74, 6) is 2.27. The van der Waals surface area contributed by atoms with Crippen molar-refractivity contribution in [1.82, 2.24) is 0 Å². The predicted molar refractivity (Wildman–Crippen MR) is 56.9 cm³/mol. The van der Waals surface area contributed by atoms with Gasteiger partial charge in [0, 0.05) is 23.6 Å². The van der Waals surface area contributed by atoms with Gasteiger partial charge in [0.25, 0.3) is 0 Å². The monoisotopic (exact) mass is 228 g/mol. The quantitative estimate of drug-likeness (QED) is 0.393. The topological polar surface area (TPSA) is 34.1 Å². The predicted octanol–water partition coefficient (Wildman–Crippen LogP) is 1.56. The first-order chi connectivity index (χ1) is 5.56. The number of halogens is 1. The fourth-order valence-corrected chi connectivity index (χ4v) is 2.74. The van der Waals surface area contributed by atoms with E-state index in [0.29, 0.717) is 11.6 Å². The molecule has 0 heterocycles. The van der Waals surface area contributed by atoms with Crippen LogP contribution in [0.3, 0.4) is 0 Å². The average molecular weight is 229 g/mol. The molecule has 0 radical (unpaired) electrons. The maximum atomic E-state index is 10.7. The van der Waals surface area contributed by atoms with Gasteiger partial charge in [-0.05, 0) is 0 Å². The molecule has 0 saturated carbocycles. The van der Waals surface area contributed by atoms with Crippen LogP contribution in [0.1, 0.15) is 0 Å². The lowest BCUT2D eigenvalue weighted by Gasteiger charge is -1.95. The summed E-state index contributed by atoms with van der Waals surface area (Å²) in [6, 6.07) is 0. The molecule has 5 heteroatoms. The first kappa shape index (κ1) is 12.3. The number of thioether (sulfide) groups is 1. The van der Waals surface area contributed by atoms with Gasteiger partial charge in [-0.1, -0.05) is 12.2 Å². The minimum Gasteiger partial charge on any atom is -0.229 e. The molecule has 0 aromatic carbocycles. The Morgan fingerprint density at radius 3 is 2.58 bits per heavy atom. The SMILES string of the molecule is CS(=O)(=O)CCSCC=CCCl. The Morgan fingerprint density at radius 1 is 1.42 bits per heavy atom. The van der Waals surface area contributed by atoms with Crippen molar-refractivity contribution in [1.29, 1.82) is 0 Å². The molecule has 2 nitrogen and oxygen atoms in total. The van der Waals surface area contributed by atoms with Crippen molar-refractivity contribution in [2.45, 2.75) is 0 Å². The van der Waals surface area contributed by atoms with Gasteiger partial charge in [0.05, 0.1) is 5.75 Å². The first-order valence-electron chi connectivity index (χ1n) is 3.52. The highest BCUT2D eigenvalue weighted by Crippen LogP contribution is 2.01. The van der Waals surface area contributed by atoms with Crippen LogP contribution in [0.2, 0.25) is 0 Å². The molecule has 0 atom stereocenters. The van der Waals surface area contributed by atoms with Crippen LogP contribution in [0.25, 0.3) is 0 Å².